The Hall–Kier alpha value is -2.78. The minimum absolute atomic E-state index is 0.136. The van der Waals surface area contributed by atoms with Gasteiger partial charge in [0.15, 0.2) is 0 Å². The Morgan fingerprint density at radius 1 is 1.29 bits per heavy atom. The normalized spacial score (nSPS) is 13.9. The van der Waals surface area contributed by atoms with Gasteiger partial charge in [-0.2, -0.15) is 5.26 Å². The van der Waals surface area contributed by atoms with Crippen LogP contribution in [0.3, 0.4) is 0 Å². The largest absolute Gasteiger partial charge is 0.494 e. The summed E-state index contributed by atoms with van der Waals surface area (Å²) in [6.45, 7) is 5.06. The fraction of sp³-hybridized carbons (Fsp3) is 0.381. The van der Waals surface area contributed by atoms with Gasteiger partial charge in [-0.05, 0) is 49.2 Å². The van der Waals surface area contributed by atoms with E-state index in [1.807, 2.05) is 30.0 Å². The van der Waals surface area contributed by atoms with Crippen molar-refractivity contribution in [2.24, 2.45) is 0 Å². The van der Waals surface area contributed by atoms with E-state index in [2.05, 4.69) is 16.0 Å². The summed E-state index contributed by atoms with van der Waals surface area (Å²) in [5.74, 6) is 1.60. The number of pyridine rings is 1. The molecule has 146 valence electrons. The van der Waals surface area contributed by atoms with Crippen molar-refractivity contribution in [2.75, 3.05) is 37.7 Å². The summed E-state index contributed by atoms with van der Waals surface area (Å²) in [6.07, 6.45) is 2.81. The number of halogens is 1. The van der Waals surface area contributed by atoms with E-state index in [4.69, 9.17) is 16.3 Å². The lowest BCUT2D eigenvalue weighted by molar-refractivity contribution is -0.131. The number of hydrogen-bond donors (Lipinski definition) is 0. The number of anilines is 1. The van der Waals surface area contributed by atoms with Crippen LogP contribution in [0.15, 0.2) is 36.5 Å². The van der Waals surface area contributed by atoms with Crippen molar-refractivity contribution in [3.05, 3.63) is 52.7 Å². The number of carbonyl (C=O) groups excluding carboxylic acids is 1. The second kappa shape index (κ2) is 9.43. The highest BCUT2D eigenvalue weighted by molar-refractivity contribution is 6.31. The van der Waals surface area contributed by atoms with Gasteiger partial charge in [0, 0.05) is 43.8 Å². The minimum atomic E-state index is 0.136. The van der Waals surface area contributed by atoms with Crippen molar-refractivity contribution in [3.8, 4) is 11.8 Å². The molecular formula is C21H23ClN4O2. The van der Waals surface area contributed by atoms with Crippen molar-refractivity contribution >= 4 is 23.3 Å². The van der Waals surface area contributed by atoms with Crippen molar-refractivity contribution in [1.82, 2.24) is 9.88 Å². The zero-order valence-electron chi connectivity index (χ0n) is 15.9. The summed E-state index contributed by atoms with van der Waals surface area (Å²) in [7, 11) is 0. The maximum Gasteiger partial charge on any atom is 0.222 e. The molecule has 0 atom stereocenters. The average Bonchev–Trinajstić information content (AvgIpc) is 2.73. The van der Waals surface area contributed by atoms with Gasteiger partial charge in [0.1, 0.15) is 17.6 Å². The smallest absolute Gasteiger partial charge is 0.222 e. The topological polar surface area (TPSA) is 69.5 Å². The number of amides is 1. The van der Waals surface area contributed by atoms with E-state index in [0.29, 0.717) is 62.0 Å². The summed E-state index contributed by atoms with van der Waals surface area (Å²) >= 11 is 6.01. The van der Waals surface area contributed by atoms with Crippen LogP contribution in [0, 0.1) is 18.3 Å². The SMILES string of the molecule is Cc1cc(OCCCC(=O)N2CCN(c3ncccc3C#N)CC2)ccc1Cl. The molecule has 28 heavy (non-hydrogen) atoms. The Kier molecular flexibility index (Phi) is 6.72. The van der Waals surface area contributed by atoms with E-state index >= 15 is 0 Å². The first-order valence-electron chi connectivity index (χ1n) is 9.35. The molecule has 0 bridgehead atoms. The van der Waals surface area contributed by atoms with Crippen molar-refractivity contribution in [2.45, 2.75) is 19.8 Å². The van der Waals surface area contributed by atoms with Gasteiger partial charge in [-0.3, -0.25) is 4.79 Å². The fourth-order valence-electron chi connectivity index (χ4n) is 3.18. The van der Waals surface area contributed by atoms with Gasteiger partial charge in [-0.25, -0.2) is 4.98 Å². The molecule has 0 spiro atoms. The lowest BCUT2D eigenvalue weighted by atomic mass is 10.2. The van der Waals surface area contributed by atoms with Crippen molar-refractivity contribution < 1.29 is 9.53 Å². The molecule has 0 radical (unpaired) electrons. The average molecular weight is 399 g/mol. The number of aryl methyl sites for hydroxylation is 1. The predicted octanol–water partition coefficient (Wildman–Crippen LogP) is 3.42. The molecule has 1 aromatic heterocycles. The highest BCUT2D eigenvalue weighted by Gasteiger charge is 2.23. The number of nitriles is 1. The molecule has 3 rings (SSSR count). The van der Waals surface area contributed by atoms with E-state index in [-0.39, 0.29) is 5.91 Å². The predicted molar refractivity (Wildman–Crippen MR) is 109 cm³/mol. The zero-order valence-corrected chi connectivity index (χ0v) is 16.7. The van der Waals surface area contributed by atoms with Crippen molar-refractivity contribution in [3.63, 3.8) is 0 Å². The van der Waals surface area contributed by atoms with Crippen molar-refractivity contribution in [1.29, 1.82) is 5.26 Å². The van der Waals surface area contributed by atoms with Crippen LogP contribution in [0.25, 0.3) is 0 Å². The molecule has 1 aromatic carbocycles. The Labute approximate surface area is 170 Å². The first-order valence-corrected chi connectivity index (χ1v) is 9.73. The summed E-state index contributed by atoms with van der Waals surface area (Å²) in [5.41, 5.74) is 1.54. The Bertz CT molecular complexity index is 873. The monoisotopic (exact) mass is 398 g/mol. The zero-order chi connectivity index (χ0) is 19.9. The van der Waals surface area contributed by atoms with E-state index in [9.17, 15) is 10.1 Å². The molecule has 1 aliphatic rings. The molecule has 0 saturated carbocycles. The maximum absolute atomic E-state index is 12.4. The molecule has 2 aromatic rings. The van der Waals surface area contributed by atoms with Gasteiger partial charge in [-0.15, -0.1) is 0 Å². The quantitative estimate of drug-likeness (QED) is 0.697. The molecule has 0 unspecified atom stereocenters. The Morgan fingerprint density at radius 2 is 2.07 bits per heavy atom. The third kappa shape index (κ3) is 4.93. The lowest BCUT2D eigenvalue weighted by Crippen LogP contribution is -2.49. The van der Waals surface area contributed by atoms with Crippen LogP contribution in [0.5, 0.6) is 5.75 Å². The standard InChI is InChI=1S/C21H23ClN4O2/c1-16-14-18(6-7-19(16)22)28-13-3-5-20(27)25-9-11-26(12-10-25)21-17(15-23)4-2-8-24-21/h2,4,6-8,14H,3,5,9-13H2,1H3. The molecule has 2 heterocycles. The van der Waals surface area contributed by atoms with Gasteiger partial charge in [0.05, 0.1) is 12.2 Å². The van der Waals surface area contributed by atoms with Crippen LogP contribution in [-0.4, -0.2) is 48.6 Å². The maximum atomic E-state index is 12.4. The number of aromatic nitrogens is 1. The number of rotatable bonds is 6. The van der Waals surface area contributed by atoms with Crippen LogP contribution in [0.1, 0.15) is 24.0 Å². The first-order chi connectivity index (χ1) is 13.6. The summed E-state index contributed by atoms with van der Waals surface area (Å²) < 4.78 is 5.70. The number of piperazine rings is 1. The number of hydrogen-bond acceptors (Lipinski definition) is 5. The summed E-state index contributed by atoms with van der Waals surface area (Å²) in [5, 5.41) is 9.94. The molecule has 1 aliphatic heterocycles. The van der Waals surface area contributed by atoms with Crippen LogP contribution in [-0.2, 0) is 4.79 Å². The molecule has 1 fully saturated rings. The Balaban J connectivity index is 1.41. The van der Waals surface area contributed by atoms with Gasteiger partial charge >= 0.3 is 0 Å². The van der Waals surface area contributed by atoms with E-state index in [1.54, 1.807) is 18.3 Å². The molecule has 0 N–H and O–H groups in total. The molecule has 1 amide bonds. The number of benzene rings is 1. The summed E-state index contributed by atoms with van der Waals surface area (Å²) in [4.78, 5) is 20.7. The second-order valence-electron chi connectivity index (χ2n) is 6.72. The molecular weight excluding hydrogens is 376 g/mol. The summed E-state index contributed by atoms with van der Waals surface area (Å²) in [6, 6.07) is 11.3. The van der Waals surface area contributed by atoms with Gasteiger partial charge < -0.3 is 14.5 Å². The first kappa shape index (κ1) is 20.0. The van der Waals surface area contributed by atoms with Crippen LogP contribution >= 0.6 is 11.6 Å². The highest BCUT2D eigenvalue weighted by Crippen LogP contribution is 2.21. The lowest BCUT2D eigenvalue weighted by Gasteiger charge is -2.35. The van der Waals surface area contributed by atoms with Gasteiger partial charge in [0.2, 0.25) is 5.91 Å². The molecule has 1 saturated heterocycles. The second-order valence-corrected chi connectivity index (χ2v) is 7.12. The third-order valence-corrected chi connectivity index (χ3v) is 5.20. The van der Waals surface area contributed by atoms with Crippen LogP contribution in [0.4, 0.5) is 5.82 Å². The highest BCUT2D eigenvalue weighted by atomic mass is 35.5. The molecule has 0 aliphatic carbocycles. The number of ether oxygens (including phenoxy) is 1. The van der Waals surface area contributed by atoms with Gasteiger partial charge in [0.25, 0.3) is 0 Å². The van der Waals surface area contributed by atoms with Gasteiger partial charge in [-0.1, -0.05) is 11.6 Å². The fourth-order valence-corrected chi connectivity index (χ4v) is 3.30. The Morgan fingerprint density at radius 3 is 2.79 bits per heavy atom. The van der Waals surface area contributed by atoms with Crippen LogP contribution < -0.4 is 9.64 Å². The van der Waals surface area contributed by atoms with Crippen LogP contribution in [0.2, 0.25) is 5.02 Å². The van der Waals surface area contributed by atoms with E-state index < -0.39 is 0 Å². The number of carbonyl (C=O) groups is 1. The third-order valence-electron chi connectivity index (χ3n) is 4.77. The minimum Gasteiger partial charge on any atom is -0.494 e. The van der Waals surface area contributed by atoms with E-state index in [0.717, 1.165) is 11.3 Å². The molecule has 6 nitrogen and oxygen atoms in total. The molecule has 7 heteroatoms. The number of nitrogens with zero attached hydrogens (tertiary/aromatic N) is 4. The van der Waals surface area contributed by atoms with E-state index in [1.165, 1.54) is 0 Å².